The SMILES string of the molecule is CN1CCN(C(=O)C(C)(C)C(=O)N2CCN(c3ncccn3)CC2)CC1. The first-order valence-electron chi connectivity index (χ1n) is 9.19. The number of carbonyl (C=O) groups is 2. The minimum atomic E-state index is -1.03. The van der Waals surface area contributed by atoms with E-state index < -0.39 is 5.41 Å². The van der Waals surface area contributed by atoms with Gasteiger partial charge in [0.25, 0.3) is 0 Å². The fourth-order valence-electron chi connectivity index (χ4n) is 3.46. The van der Waals surface area contributed by atoms with E-state index in [9.17, 15) is 9.59 Å². The van der Waals surface area contributed by atoms with E-state index in [0.29, 0.717) is 45.2 Å². The smallest absolute Gasteiger partial charge is 0.237 e. The van der Waals surface area contributed by atoms with E-state index in [1.165, 1.54) is 0 Å². The van der Waals surface area contributed by atoms with Crippen LogP contribution in [0.25, 0.3) is 0 Å². The van der Waals surface area contributed by atoms with Crippen LogP contribution in [0.1, 0.15) is 13.8 Å². The molecule has 0 N–H and O–H groups in total. The van der Waals surface area contributed by atoms with Gasteiger partial charge in [0, 0.05) is 64.8 Å². The maximum atomic E-state index is 13.0. The van der Waals surface area contributed by atoms with Gasteiger partial charge >= 0.3 is 0 Å². The molecule has 1 aromatic rings. The van der Waals surface area contributed by atoms with Crippen LogP contribution in [0.15, 0.2) is 18.5 Å². The molecule has 0 bridgehead atoms. The maximum Gasteiger partial charge on any atom is 0.237 e. The second-order valence-corrected chi connectivity index (χ2v) is 7.55. The Morgan fingerprint density at radius 1 is 0.846 bits per heavy atom. The molecule has 2 saturated heterocycles. The van der Waals surface area contributed by atoms with Crippen molar-refractivity contribution in [3.05, 3.63) is 18.5 Å². The highest BCUT2D eigenvalue weighted by molar-refractivity contribution is 6.04. The van der Waals surface area contributed by atoms with Crippen LogP contribution in [0.2, 0.25) is 0 Å². The van der Waals surface area contributed by atoms with Gasteiger partial charge in [0.15, 0.2) is 0 Å². The normalized spacial score (nSPS) is 19.6. The molecule has 0 aromatic carbocycles. The van der Waals surface area contributed by atoms with Crippen LogP contribution in [-0.4, -0.2) is 95.9 Å². The molecule has 2 aliphatic rings. The number of amides is 2. The summed E-state index contributed by atoms with van der Waals surface area (Å²) in [6, 6.07) is 1.79. The van der Waals surface area contributed by atoms with E-state index in [4.69, 9.17) is 0 Å². The Morgan fingerprint density at radius 2 is 1.31 bits per heavy atom. The molecule has 0 aliphatic carbocycles. The predicted octanol–water partition coefficient (Wildman–Crippen LogP) is -0.0746. The Kier molecular flexibility index (Phi) is 5.41. The van der Waals surface area contributed by atoms with Crippen LogP contribution in [0.3, 0.4) is 0 Å². The summed E-state index contributed by atoms with van der Waals surface area (Å²) in [4.78, 5) is 42.4. The van der Waals surface area contributed by atoms with Crippen LogP contribution < -0.4 is 4.90 Å². The molecule has 1 aromatic heterocycles. The van der Waals surface area contributed by atoms with Crippen molar-refractivity contribution >= 4 is 17.8 Å². The zero-order valence-electron chi connectivity index (χ0n) is 15.9. The molecule has 3 heterocycles. The number of rotatable bonds is 3. The quantitative estimate of drug-likeness (QED) is 0.703. The first-order valence-corrected chi connectivity index (χ1v) is 9.19. The Hall–Kier alpha value is -2.22. The Balaban J connectivity index is 1.59. The molecule has 8 nitrogen and oxygen atoms in total. The summed E-state index contributed by atoms with van der Waals surface area (Å²) >= 11 is 0. The molecule has 142 valence electrons. The van der Waals surface area contributed by atoms with Crippen molar-refractivity contribution in [3.8, 4) is 0 Å². The summed E-state index contributed by atoms with van der Waals surface area (Å²) in [7, 11) is 2.05. The van der Waals surface area contributed by atoms with Gasteiger partial charge in [-0.15, -0.1) is 0 Å². The lowest BCUT2D eigenvalue weighted by atomic mass is 9.89. The molecular weight excluding hydrogens is 332 g/mol. The van der Waals surface area contributed by atoms with Crippen molar-refractivity contribution < 1.29 is 9.59 Å². The third kappa shape index (κ3) is 3.80. The maximum absolute atomic E-state index is 13.0. The van der Waals surface area contributed by atoms with E-state index >= 15 is 0 Å². The van der Waals surface area contributed by atoms with Crippen molar-refractivity contribution in [2.24, 2.45) is 5.41 Å². The lowest BCUT2D eigenvalue weighted by Gasteiger charge is -2.41. The Morgan fingerprint density at radius 3 is 1.81 bits per heavy atom. The van der Waals surface area contributed by atoms with Gasteiger partial charge in [-0.05, 0) is 27.0 Å². The van der Waals surface area contributed by atoms with Crippen LogP contribution in [0, 0.1) is 5.41 Å². The van der Waals surface area contributed by atoms with E-state index in [1.807, 2.05) is 11.9 Å². The second-order valence-electron chi connectivity index (χ2n) is 7.55. The number of anilines is 1. The number of piperazine rings is 2. The third-order valence-electron chi connectivity index (χ3n) is 5.26. The molecule has 2 amide bonds. The van der Waals surface area contributed by atoms with Crippen LogP contribution in [0.5, 0.6) is 0 Å². The van der Waals surface area contributed by atoms with Crippen molar-refractivity contribution in [1.29, 1.82) is 0 Å². The summed E-state index contributed by atoms with van der Waals surface area (Å²) in [5.74, 6) is 0.534. The molecule has 0 saturated carbocycles. The minimum Gasteiger partial charge on any atom is -0.339 e. The monoisotopic (exact) mass is 360 g/mol. The van der Waals surface area contributed by atoms with E-state index in [0.717, 1.165) is 13.1 Å². The van der Waals surface area contributed by atoms with Gasteiger partial charge in [0.2, 0.25) is 17.8 Å². The fraction of sp³-hybridized carbons (Fsp3) is 0.667. The number of nitrogens with zero attached hydrogens (tertiary/aromatic N) is 6. The lowest BCUT2D eigenvalue weighted by Crippen LogP contribution is -2.58. The van der Waals surface area contributed by atoms with Gasteiger partial charge in [-0.3, -0.25) is 9.59 Å². The average molecular weight is 360 g/mol. The van der Waals surface area contributed by atoms with Gasteiger partial charge in [0.1, 0.15) is 5.41 Å². The van der Waals surface area contributed by atoms with Crippen LogP contribution in [0.4, 0.5) is 5.95 Å². The summed E-state index contributed by atoms with van der Waals surface area (Å²) in [5.41, 5.74) is -1.03. The molecule has 0 radical (unpaired) electrons. The zero-order chi connectivity index (χ0) is 18.7. The molecule has 8 heteroatoms. The predicted molar refractivity (Wildman–Crippen MR) is 98.7 cm³/mol. The van der Waals surface area contributed by atoms with E-state index in [-0.39, 0.29) is 11.8 Å². The number of likely N-dealkylation sites (N-methyl/N-ethyl adjacent to an activating group) is 1. The minimum absolute atomic E-state index is 0.0653. The van der Waals surface area contributed by atoms with E-state index in [2.05, 4.69) is 19.8 Å². The van der Waals surface area contributed by atoms with Gasteiger partial charge < -0.3 is 19.6 Å². The lowest BCUT2D eigenvalue weighted by molar-refractivity contribution is -0.155. The highest BCUT2D eigenvalue weighted by atomic mass is 16.2. The molecule has 26 heavy (non-hydrogen) atoms. The highest BCUT2D eigenvalue weighted by Crippen LogP contribution is 2.24. The average Bonchev–Trinajstić information content (AvgIpc) is 2.68. The fourth-order valence-corrected chi connectivity index (χ4v) is 3.46. The molecule has 3 rings (SSSR count). The second kappa shape index (κ2) is 7.57. The molecule has 0 unspecified atom stereocenters. The highest BCUT2D eigenvalue weighted by Gasteiger charge is 2.42. The van der Waals surface area contributed by atoms with Crippen molar-refractivity contribution in [3.63, 3.8) is 0 Å². The zero-order valence-corrected chi connectivity index (χ0v) is 15.9. The molecule has 2 aliphatic heterocycles. The standard InChI is InChI=1S/C18H28N6O2/c1-18(2,15(25)22-9-7-21(3)8-10-22)16(26)23-11-13-24(14-12-23)17-19-5-4-6-20-17/h4-6H,7-14H2,1-3H3. The van der Waals surface area contributed by atoms with Crippen LogP contribution in [-0.2, 0) is 9.59 Å². The summed E-state index contributed by atoms with van der Waals surface area (Å²) in [6.07, 6.45) is 3.44. The van der Waals surface area contributed by atoms with Gasteiger partial charge in [-0.25, -0.2) is 9.97 Å². The van der Waals surface area contributed by atoms with Crippen molar-refractivity contribution in [1.82, 2.24) is 24.7 Å². The Labute approximate surface area is 154 Å². The van der Waals surface area contributed by atoms with Gasteiger partial charge in [-0.2, -0.15) is 0 Å². The first-order chi connectivity index (χ1) is 12.4. The van der Waals surface area contributed by atoms with Crippen molar-refractivity contribution in [2.45, 2.75) is 13.8 Å². The first kappa shape index (κ1) is 18.6. The topological polar surface area (TPSA) is 72.9 Å². The largest absolute Gasteiger partial charge is 0.339 e. The molecule has 0 atom stereocenters. The number of hydrogen-bond acceptors (Lipinski definition) is 6. The van der Waals surface area contributed by atoms with E-state index in [1.54, 1.807) is 37.2 Å². The molecular formula is C18H28N6O2. The van der Waals surface area contributed by atoms with Crippen LogP contribution >= 0.6 is 0 Å². The molecule has 0 spiro atoms. The summed E-state index contributed by atoms with van der Waals surface area (Å²) in [6.45, 7) is 9.09. The Bertz CT molecular complexity index is 634. The summed E-state index contributed by atoms with van der Waals surface area (Å²) in [5, 5.41) is 0. The number of hydrogen-bond donors (Lipinski definition) is 0. The van der Waals surface area contributed by atoms with Gasteiger partial charge in [0.05, 0.1) is 0 Å². The number of carbonyl (C=O) groups excluding carboxylic acids is 2. The van der Waals surface area contributed by atoms with Gasteiger partial charge in [-0.1, -0.05) is 0 Å². The summed E-state index contributed by atoms with van der Waals surface area (Å²) < 4.78 is 0. The van der Waals surface area contributed by atoms with Crippen molar-refractivity contribution in [2.75, 3.05) is 64.3 Å². The number of aromatic nitrogens is 2. The molecule has 2 fully saturated rings. The third-order valence-corrected chi connectivity index (χ3v) is 5.26.